The van der Waals surface area contributed by atoms with Gasteiger partial charge in [-0.2, -0.15) is 0 Å². The van der Waals surface area contributed by atoms with E-state index in [1.165, 1.54) is 31.7 Å². The molecule has 1 unspecified atom stereocenters. The first kappa shape index (κ1) is 18.4. The van der Waals surface area contributed by atoms with Crippen molar-refractivity contribution in [3.63, 3.8) is 0 Å². The van der Waals surface area contributed by atoms with Gasteiger partial charge in [0.15, 0.2) is 0 Å². The van der Waals surface area contributed by atoms with Crippen molar-refractivity contribution >= 4 is 16.9 Å². The van der Waals surface area contributed by atoms with Crippen molar-refractivity contribution in [2.45, 2.75) is 102 Å². The van der Waals surface area contributed by atoms with Crippen molar-refractivity contribution < 1.29 is 4.74 Å². The second-order valence-electron chi connectivity index (χ2n) is 9.02. The van der Waals surface area contributed by atoms with Crippen LogP contribution in [0.1, 0.15) is 53.4 Å². The maximum atomic E-state index is 6.02. The molecule has 0 amide bonds. The first-order valence-electron chi connectivity index (χ1n) is 8.40. The van der Waals surface area contributed by atoms with E-state index in [1.54, 1.807) is 0 Å². The molecule has 1 heterocycles. The van der Waals surface area contributed by atoms with E-state index < -0.39 is 8.07 Å². The second-order valence-corrected chi connectivity index (χ2v) is 17.8. The predicted molar refractivity (Wildman–Crippen MR) is 96.1 cm³/mol. The fourth-order valence-electron chi connectivity index (χ4n) is 3.33. The predicted octanol–water partition coefficient (Wildman–Crippen LogP) is 5.97. The van der Waals surface area contributed by atoms with Crippen LogP contribution in [-0.4, -0.2) is 29.6 Å². The van der Waals surface area contributed by atoms with Crippen LogP contribution in [0.4, 0.5) is 0 Å². The van der Waals surface area contributed by atoms with Crippen molar-refractivity contribution in [2.24, 2.45) is 0 Å². The Hall–Kier alpha value is 0.394. The number of ether oxygens (including phenoxy) is 1. The number of hydrogen-bond acceptors (Lipinski definition) is 1. The lowest BCUT2D eigenvalue weighted by atomic mass is 9.98. The third-order valence-corrected chi connectivity index (χ3v) is 15.0. The third-order valence-electron chi connectivity index (χ3n) is 6.08. The molecular formula is C17H37OSi2. The van der Waals surface area contributed by atoms with Gasteiger partial charge in [0, 0.05) is 15.4 Å². The zero-order valence-electron chi connectivity index (χ0n) is 15.2. The molecule has 1 rings (SSSR count). The summed E-state index contributed by atoms with van der Waals surface area (Å²) in [6, 6.07) is 1.46. The van der Waals surface area contributed by atoms with E-state index in [1.807, 2.05) is 0 Å². The molecule has 1 atom stereocenters. The van der Waals surface area contributed by atoms with Crippen molar-refractivity contribution in [2.75, 3.05) is 6.61 Å². The molecule has 0 aliphatic carbocycles. The molecule has 1 fully saturated rings. The molecule has 1 radical (unpaired) electrons. The number of hydrogen-bond donors (Lipinski definition) is 0. The average Bonchev–Trinajstić information content (AvgIpc) is 2.27. The first-order valence-corrected chi connectivity index (χ1v) is 14.1. The van der Waals surface area contributed by atoms with Gasteiger partial charge in [0.25, 0.3) is 0 Å². The summed E-state index contributed by atoms with van der Waals surface area (Å²) in [5, 5.41) is 1.04. The Morgan fingerprint density at radius 1 is 1.10 bits per heavy atom. The van der Waals surface area contributed by atoms with Crippen LogP contribution in [0, 0.1) is 0 Å². The quantitative estimate of drug-likeness (QED) is 0.549. The summed E-state index contributed by atoms with van der Waals surface area (Å²) in [5.41, 5.74) is 0. The van der Waals surface area contributed by atoms with Crippen molar-refractivity contribution in [3.8, 4) is 0 Å². The lowest BCUT2D eigenvalue weighted by molar-refractivity contribution is 0.00495. The van der Waals surface area contributed by atoms with Crippen molar-refractivity contribution in [3.05, 3.63) is 0 Å². The highest BCUT2D eigenvalue weighted by Gasteiger charge is 2.44. The molecule has 0 saturated carbocycles. The molecule has 1 saturated heterocycles. The lowest BCUT2D eigenvalue weighted by Gasteiger charge is -2.47. The van der Waals surface area contributed by atoms with Gasteiger partial charge in [-0.3, -0.25) is 0 Å². The van der Waals surface area contributed by atoms with E-state index in [4.69, 9.17) is 4.74 Å². The summed E-state index contributed by atoms with van der Waals surface area (Å²) in [6.07, 6.45) is 5.72. The van der Waals surface area contributed by atoms with Crippen LogP contribution in [0.3, 0.4) is 0 Å². The highest BCUT2D eigenvalue weighted by Crippen LogP contribution is 2.51. The van der Waals surface area contributed by atoms with Gasteiger partial charge in [0.1, 0.15) is 0 Å². The summed E-state index contributed by atoms with van der Waals surface area (Å²) in [7, 11) is -1.50. The van der Waals surface area contributed by atoms with E-state index in [-0.39, 0.29) is 8.80 Å². The van der Waals surface area contributed by atoms with Crippen LogP contribution in [0.5, 0.6) is 0 Å². The minimum absolute atomic E-state index is 0.232. The summed E-state index contributed by atoms with van der Waals surface area (Å²) in [6.45, 7) is 21.2. The van der Waals surface area contributed by atoms with Gasteiger partial charge in [0.05, 0.1) is 14.2 Å². The molecule has 119 valence electrons. The van der Waals surface area contributed by atoms with Crippen LogP contribution in [-0.2, 0) is 4.74 Å². The largest absolute Gasteiger partial charge is 0.378 e. The second kappa shape index (κ2) is 6.66. The van der Waals surface area contributed by atoms with E-state index in [0.717, 1.165) is 6.61 Å². The normalized spacial score (nSPS) is 22.4. The van der Waals surface area contributed by atoms with E-state index in [0.29, 0.717) is 16.2 Å². The number of rotatable bonds is 6. The Balaban J connectivity index is 2.72. The van der Waals surface area contributed by atoms with Gasteiger partial charge >= 0.3 is 0 Å². The molecule has 1 aliphatic heterocycles. The Kier molecular flexibility index (Phi) is 6.14. The molecule has 0 bridgehead atoms. The van der Waals surface area contributed by atoms with Crippen LogP contribution < -0.4 is 0 Å². The van der Waals surface area contributed by atoms with Gasteiger partial charge in [-0.25, -0.2) is 0 Å². The zero-order chi connectivity index (χ0) is 15.6. The standard InChI is InChI=1S/C17H37OSi2/c1-16(2,19(5)6)14-20(7,8)17(3,4)13-15-11-9-10-12-18-15/h15H,9-14H2,1-8H3. The Morgan fingerprint density at radius 3 is 2.15 bits per heavy atom. The molecule has 0 aromatic heterocycles. The van der Waals surface area contributed by atoms with Gasteiger partial charge in [-0.1, -0.05) is 59.9 Å². The van der Waals surface area contributed by atoms with Gasteiger partial charge in [-0.15, -0.1) is 0 Å². The van der Waals surface area contributed by atoms with Gasteiger partial charge < -0.3 is 4.74 Å². The van der Waals surface area contributed by atoms with Gasteiger partial charge in [0.2, 0.25) is 0 Å². The SMILES string of the molecule is C[Si](C)C(C)(C)C[Si](C)(C)C(C)(C)CC1CCCCO1. The summed E-state index contributed by atoms with van der Waals surface area (Å²) in [4.78, 5) is 0. The maximum Gasteiger partial charge on any atom is 0.0577 e. The molecule has 1 aliphatic rings. The molecule has 20 heavy (non-hydrogen) atoms. The Labute approximate surface area is 130 Å². The average molecular weight is 314 g/mol. The zero-order valence-corrected chi connectivity index (χ0v) is 17.2. The minimum Gasteiger partial charge on any atom is -0.378 e. The van der Waals surface area contributed by atoms with E-state index >= 15 is 0 Å². The molecule has 1 nitrogen and oxygen atoms in total. The monoisotopic (exact) mass is 313 g/mol. The van der Waals surface area contributed by atoms with Crippen LogP contribution >= 0.6 is 0 Å². The van der Waals surface area contributed by atoms with Crippen molar-refractivity contribution in [1.29, 1.82) is 0 Å². The smallest absolute Gasteiger partial charge is 0.0577 e. The third kappa shape index (κ3) is 4.70. The highest BCUT2D eigenvalue weighted by atomic mass is 28.3. The molecule has 0 N–H and O–H groups in total. The molecular weight excluding hydrogens is 276 g/mol. The summed E-state index contributed by atoms with van der Waals surface area (Å²) < 4.78 is 6.02. The Bertz CT molecular complexity index is 302. The van der Waals surface area contributed by atoms with Crippen molar-refractivity contribution in [1.82, 2.24) is 0 Å². The summed E-state index contributed by atoms with van der Waals surface area (Å²) in [5.74, 6) is 0. The van der Waals surface area contributed by atoms with E-state index in [2.05, 4.69) is 53.9 Å². The Morgan fingerprint density at radius 2 is 1.70 bits per heavy atom. The fourth-order valence-corrected chi connectivity index (χ4v) is 9.54. The molecule has 3 heteroatoms. The highest BCUT2D eigenvalue weighted by molar-refractivity contribution is 6.81. The van der Waals surface area contributed by atoms with Crippen LogP contribution in [0.25, 0.3) is 0 Å². The summed E-state index contributed by atoms with van der Waals surface area (Å²) >= 11 is 0. The van der Waals surface area contributed by atoms with Crippen LogP contribution in [0.15, 0.2) is 0 Å². The molecule has 0 aromatic rings. The maximum absolute atomic E-state index is 6.02. The van der Waals surface area contributed by atoms with Crippen LogP contribution in [0.2, 0.25) is 42.3 Å². The van der Waals surface area contributed by atoms with E-state index in [9.17, 15) is 0 Å². The van der Waals surface area contributed by atoms with Gasteiger partial charge in [-0.05, 0) is 35.8 Å². The minimum atomic E-state index is -1.27. The fraction of sp³-hybridized carbons (Fsp3) is 1.00. The topological polar surface area (TPSA) is 9.23 Å². The first-order chi connectivity index (χ1) is 8.98. The molecule has 0 spiro atoms. The molecule has 0 aromatic carbocycles. The lowest BCUT2D eigenvalue weighted by Crippen LogP contribution is -2.45.